The van der Waals surface area contributed by atoms with Gasteiger partial charge < -0.3 is 28.6 Å². The van der Waals surface area contributed by atoms with Gasteiger partial charge in [-0.05, 0) is 45.6 Å². The molecule has 8 nitrogen and oxygen atoms in total. The van der Waals surface area contributed by atoms with Crippen molar-refractivity contribution in [2.75, 3.05) is 5.75 Å². The summed E-state index contributed by atoms with van der Waals surface area (Å²) in [4.78, 5) is 11.9. The summed E-state index contributed by atoms with van der Waals surface area (Å²) >= 11 is 0.867. The maximum Gasteiger partial charge on any atom is 0.387 e. The van der Waals surface area contributed by atoms with Crippen molar-refractivity contribution in [2.45, 2.75) is 179 Å². The molecule has 0 heterocycles. The monoisotopic (exact) mass is 981 g/mol. The maximum atomic E-state index is 14.6. The average Bonchev–Trinajstić information content (AvgIpc) is 3.38. The van der Waals surface area contributed by atoms with Crippen molar-refractivity contribution >= 4 is 18.2 Å². The summed E-state index contributed by atoms with van der Waals surface area (Å²) in [5, 5.41) is 0. The highest BCUT2D eigenvalue weighted by Gasteiger charge is 2.56. The van der Waals surface area contributed by atoms with Crippen LogP contribution >= 0.6 is 18.2 Å². The zero-order valence-corrected chi connectivity index (χ0v) is 42.7. The van der Waals surface area contributed by atoms with Crippen molar-refractivity contribution < 1.29 is 39.0 Å². The van der Waals surface area contributed by atoms with Crippen LogP contribution in [0.1, 0.15) is 139 Å². The van der Waals surface area contributed by atoms with Crippen LogP contribution in [0.25, 0.3) is 0 Å². The van der Waals surface area contributed by atoms with Gasteiger partial charge in [0.2, 0.25) is 0 Å². The van der Waals surface area contributed by atoms with E-state index in [0.29, 0.717) is 5.75 Å². The fourth-order valence-electron chi connectivity index (χ4n) is 8.84. The Bertz CT molecular complexity index is 2040. The first kappa shape index (κ1) is 53.2. The standard InChI is InChI=1S/C59H79O8PS/c1-2-3-4-5-6-7-8-9-10-11-12-13-14-15-16-32-43-69-68(60,61)67-59-57(65-47-52-39-28-20-29-40-52)55(63-45-50-35-24-18-25-36-50)54(62-44-49-33-22-17-23-34-49)56(64-46-51-37-26-19-27-38-51)58(59)66-48-53-41-30-21-31-42-53/h17-31,33-42,54-59H,2-16,32,43-48H2,1H3,(H,60,61)/t54?,55-,56+,57-,58-,59?/m0/s1/i59T. The molecule has 0 aliphatic heterocycles. The normalized spacial score (nSPS) is 21.4. The molecule has 0 spiro atoms. The Labute approximate surface area is 419 Å². The molecule has 1 aliphatic rings. The van der Waals surface area contributed by atoms with Gasteiger partial charge in [-0.15, -0.1) is 0 Å². The second kappa shape index (κ2) is 32.4. The van der Waals surface area contributed by atoms with Crippen LogP contribution in [0.3, 0.4) is 0 Å². The molecule has 3 unspecified atom stereocenters. The molecule has 10 heteroatoms. The van der Waals surface area contributed by atoms with E-state index in [9.17, 15) is 10.8 Å². The van der Waals surface area contributed by atoms with Gasteiger partial charge in [0.25, 0.3) is 0 Å². The summed E-state index contributed by atoms with van der Waals surface area (Å²) in [5.74, 6) is 0.401. The van der Waals surface area contributed by atoms with Gasteiger partial charge in [0, 0.05) is 5.75 Å². The highest BCUT2D eigenvalue weighted by atomic mass is 32.7. The molecule has 69 heavy (non-hydrogen) atoms. The summed E-state index contributed by atoms with van der Waals surface area (Å²) in [6.45, 7) is -1.68. The Kier molecular flexibility index (Phi) is 25.0. The second-order valence-electron chi connectivity index (χ2n) is 18.3. The van der Waals surface area contributed by atoms with Crippen molar-refractivity contribution in [3.63, 3.8) is 0 Å². The van der Waals surface area contributed by atoms with Gasteiger partial charge in [-0.2, -0.15) is 0 Å². The summed E-state index contributed by atoms with van der Waals surface area (Å²) < 4.78 is 66.1. The highest BCUT2D eigenvalue weighted by Crippen LogP contribution is 2.58. The van der Waals surface area contributed by atoms with Crippen LogP contribution < -0.4 is 0 Å². The largest absolute Gasteiger partial charge is 0.387 e. The molecule has 7 atom stereocenters. The van der Waals surface area contributed by atoms with E-state index in [4.69, 9.17) is 28.2 Å². The average molecular weight is 981 g/mol. The molecule has 1 aliphatic carbocycles. The number of benzene rings is 5. The Balaban J connectivity index is 1.22. The minimum atomic E-state index is -4.55. The van der Waals surface area contributed by atoms with Gasteiger partial charge >= 0.3 is 6.80 Å². The fraction of sp³-hybridized carbons (Fsp3) is 0.492. The lowest BCUT2D eigenvalue weighted by Gasteiger charge is -2.49. The van der Waals surface area contributed by atoms with Crippen molar-refractivity contribution in [3.05, 3.63) is 179 Å². The van der Waals surface area contributed by atoms with Crippen LogP contribution in [0.5, 0.6) is 0 Å². The third-order valence-corrected chi connectivity index (χ3v) is 15.7. The summed E-state index contributed by atoms with van der Waals surface area (Å²) in [5.41, 5.74) is 4.42. The van der Waals surface area contributed by atoms with E-state index < -0.39 is 43.4 Å². The third kappa shape index (κ3) is 20.6. The lowest BCUT2D eigenvalue weighted by Crippen LogP contribution is -2.67. The third-order valence-electron chi connectivity index (χ3n) is 12.7. The predicted molar refractivity (Wildman–Crippen MR) is 282 cm³/mol. The van der Waals surface area contributed by atoms with E-state index in [1.807, 2.05) is 152 Å². The van der Waals surface area contributed by atoms with Gasteiger partial charge in [0.1, 0.15) is 36.6 Å². The molecular formula is C59H79O8PS. The Morgan fingerprint density at radius 1 is 0.406 bits per heavy atom. The van der Waals surface area contributed by atoms with Gasteiger partial charge in [-0.25, -0.2) is 4.57 Å². The number of rotatable bonds is 35. The summed E-state index contributed by atoms with van der Waals surface area (Å²) in [6, 6.07) is 48.8. The number of ether oxygens (including phenoxy) is 5. The lowest BCUT2D eigenvalue weighted by molar-refractivity contribution is -0.279. The maximum absolute atomic E-state index is 14.6. The first-order valence-corrected chi connectivity index (χ1v) is 29.0. The quantitative estimate of drug-likeness (QED) is 0.0315. The van der Waals surface area contributed by atoms with Crippen LogP contribution in [0.15, 0.2) is 152 Å². The first-order valence-electron chi connectivity index (χ1n) is 26.3. The topological polar surface area (TPSA) is 92.7 Å². The summed E-state index contributed by atoms with van der Waals surface area (Å²) in [7, 11) is 0. The van der Waals surface area contributed by atoms with E-state index in [2.05, 4.69) is 6.92 Å². The van der Waals surface area contributed by atoms with Crippen molar-refractivity contribution in [1.82, 2.24) is 0 Å². The van der Waals surface area contributed by atoms with Crippen molar-refractivity contribution in [3.8, 4) is 0 Å². The van der Waals surface area contributed by atoms with Gasteiger partial charge in [0.05, 0.1) is 34.4 Å². The Morgan fingerprint density at radius 3 is 0.942 bits per heavy atom. The zero-order chi connectivity index (χ0) is 49.0. The van der Waals surface area contributed by atoms with E-state index in [0.717, 1.165) is 64.9 Å². The van der Waals surface area contributed by atoms with Crippen LogP contribution in [0.2, 0.25) is 0 Å². The molecule has 0 amide bonds. The molecule has 0 aromatic heterocycles. The number of hydrogen-bond acceptors (Lipinski definition) is 8. The minimum absolute atomic E-state index is 0.0646. The van der Waals surface area contributed by atoms with Crippen molar-refractivity contribution in [2.24, 2.45) is 0 Å². The van der Waals surface area contributed by atoms with Crippen molar-refractivity contribution in [1.29, 1.82) is 0 Å². The molecule has 374 valence electrons. The van der Waals surface area contributed by atoms with Gasteiger partial charge in [-0.1, -0.05) is 255 Å². The smallest absolute Gasteiger partial charge is 0.368 e. The van der Waals surface area contributed by atoms with Crippen LogP contribution in [0, 0.1) is 0 Å². The molecular weight excluding hydrogens is 900 g/mol. The Morgan fingerprint density at radius 2 is 0.652 bits per heavy atom. The second-order valence-corrected chi connectivity index (χ2v) is 22.3. The molecule has 0 radical (unpaired) electrons. The van der Waals surface area contributed by atoms with E-state index in [1.165, 1.54) is 77.0 Å². The molecule has 6 rings (SSSR count). The SMILES string of the molecule is [3H]C1(OP(=O)(O)SCCCCCCCCCCCCCCCCCC)[C@@H](OCc2ccccc2)[C@H](OCc2ccccc2)C(OCc2ccccc2)[C@H](OCc2ccccc2)[C@@H]1OCc1ccccc1. The number of hydrogen-bond donors (Lipinski definition) is 1. The van der Waals surface area contributed by atoms with Gasteiger partial charge in [0.15, 0.2) is 0 Å². The van der Waals surface area contributed by atoms with Crippen LogP contribution in [-0.2, 0) is 65.8 Å². The molecule has 5 aromatic carbocycles. The summed E-state index contributed by atoms with van der Waals surface area (Å²) in [6.07, 6.45) is 12.1. The van der Waals surface area contributed by atoms with Crippen LogP contribution in [-0.4, -0.2) is 47.2 Å². The number of unbranched alkanes of at least 4 members (excludes halogenated alkanes) is 15. The van der Waals surface area contributed by atoms with E-state index >= 15 is 0 Å². The Hall–Kier alpha value is -3.60. The first-order chi connectivity index (χ1) is 34.3. The van der Waals surface area contributed by atoms with E-state index in [-0.39, 0.29) is 33.0 Å². The van der Waals surface area contributed by atoms with Gasteiger partial charge in [-0.3, -0.25) is 4.52 Å². The molecule has 0 bridgehead atoms. The molecule has 5 aromatic rings. The zero-order valence-electron chi connectivity index (χ0n) is 42.0. The molecule has 1 fully saturated rings. The fourth-order valence-corrected chi connectivity index (χ4v) is 11.4. The predicted octanol–water partition coefficient (Wildman–Crippen LogP) is 15.4. The molecule has 1 saturated carbocycles. The van der Waals surface area contributed by atoms with Crippen LogP contribution in [0.4, 0.5) is 0 Å². The molecule has 1 N–H and O–H groups in total. The lowest BCUT2D eigenvalue weighted by atomic mass is 9.83. The highest BCUT2D eigenvalue weighted by molar-refractivity contribution is 8.54. The molecule has 0 saturated heterocycles. The van der Waals surface area contributed by atoms with E-state index in [1.54, 1.807) is 0 Å². The minimum Gasteiger partial charge on any atom is -0.368 e.